The third-order valence-corrected chi connectivity index (χ3v) is 5.49. The average Bonchev–Trinajstić information content (AvgIpc) is 3.33. The molecule has 0 bridgehead atoms. The summed E-state index contributed by atoms with van der Waals surface area (Å²) in [5, 5.41) is 15.5. The van der Waals surface area contributed by atoms with Gasteiger partial charge in [0.25, 0.3) is 0 Å². The number of hydrogen-bond acceptors (Lipinski definition) is 3. The van der Waals surface area contributed by atoms with Crippen LogP contribution >= 0.6 is 12.2 Å². The van der Waals surface area contributed by atoms with Crippen molar-refractivity contribution in [1.29, 1.82) is 0 Å². The second-order valence-corrected chi connectivity index (χ2v) is 8.30. The summed E-state index contributed by atoms with van der Waals surface area (Å²) in [5.41, 5.74) is 3.87. The Bertz CT molecular complexity index is 1290. The van der Waals surface area contributed by atoms with E-state index in [1.807, 2.05) is 55.1 Å². The van der Waals surface area contributed by atoms with Crippen LogP contribution < -0.4 is 10.6 Å². The number of alkyl halides is 3. The fourth-order valence-corrected chi connectivity index (χ4v) is 3.83. The van der Waals surface area contributed by atoms with Crippen LogP contribution in [0.1, 0.15) is 28.1 Å². The summed E-state index contributed by atoms with van der Waals surface area (Å²) >= 11 is 5.45. The van der Waals surface area contributed by atoms with Gasteiger partial charge in [0, 0.05) is 6.20 Å². The molecule has 34 heavy (non-hydrogen) atoms. The molecule has 0 aliphatic rings. The second-order valence-electron chi connectivity index (χ2n) is 7.89. The van der Waals surface area contributed by atoms with Crippen LogP contribution in [0.4, 0.5) is 24.5 Å². The lowest BCUT2D eigenvalue weighted by atomic mass is 10.1. The Hall–Kier alpha value is -3.66. The molecule has 0 saturated carbocycles. The molecule has 2 aromatic carbocycles. The number of hydrogen-bond donors (Lipinski definition) is 2. The van der Waals surface area contributed by atoms with Crippen LogP contribution in [0.3, 0.4) is 0 Å². The van der Waals surface area contributed by atoms with Crippen molar-refractivity contribution >= 4 is 28.7 Å². The number of rotatable bonds is 6. The molecule has 4 aromatic rings. The number of nitrogens with zero attached hydrogens (tertiary/aromatic N) is 4. The number of benzene rings is 2. The predicted molar refractivity (Wildman–Crippen MR) is 130 cm³/mol. The van der Waals surface area contributed by atoms with Crippen LogP contribution in [0.25, 0.3) is 0 Å². The van der Waals surface area contributed by atoms with E-state index >= 15 is 0 Å². The second kappa shape index (κ2) is 9.68. The van der Waals surface area contributed by atoms with E-state index in [9.17, 15) is 13.2 Å². The fourth-order valence-electron chi connectivity index (χ4n) is 3.61. The van der Waals surface area contributed by atoms with Crippen molar-refractivity contribution in [3.63, 3.8) is 0 Å². The smallest absolute Gasteiger partial charge is 0.330 e. The quantitative estimate of drug-likeness (QED) is 0.348. The van der Waals surface area contributed by atoms with Gasteiger partial charge in [-0.15, -0.1) is 0 Å². The molecule has 0 aliphatic heterocycles. The van der Waals surface area contributed by atoms with Gasteiger partial charge in [-0.2, -0.15) is 23.4 Å². The minimum Gasteiger partial charge on any atom is -0.330 e. The summed E-state index contributed by atoms with van der Waals surface area (Å²) in [6.45, 7) is 4.52. The summed E-state index contributed by atoms with van der Waals surface area (Å²) in [6.07, 6.45) is -0.837. The molecule has 0 unspecified atom stereocenters. The highest BCUT2D eigenvalue weighted by Gasteiger charge is 2.30. The molecule has 0 fully saturated rings. The van der Waals surface area contributed by atoms with Crippen LogP contribution in [0, 0.1) is 13.8 Å². The van der Waals surface area contributed by atoms with E-state index < -0.39 is 11.7 Å². The number of aryl methyl sites for hydroxylation is 1. The highest BCUT2D eigenvalue weighted by Crippen LogP contribution is 2.30. The molecule has 2 aromatic heterocycles. The number of nitrogens with one attached hydrogen (secondary N) is 2. The summed E-state index contributed by atoms with van der Waals surface area (Å²) < 4.78 is 42.6. The normalized spacial score (nSPS) is 11.4. The molecule has 0 saturated heterocycles. The highest BCUT2D eigenvalue weighted by molar-refractivity contribution is 7.80. The SMILES string of the molecule is Cc1nn(Cc2cccc(C(F)(F)F)c2)c(C)c1NC(=S)Nc1cnn(Cc2ccccc2)c1. The molecule has 0 amide bonds. The maximum Gasteiger partial charge on any atom is 0.416 e. The van der Waals surface area contributed by atoms with Gasteiger partial charge in [-0.05, 0) is 49.3 Å². The molecule has 4 rings (SSSR count). The third kappa shape index (κ3) is 5.63. The van der Waals surface area contributed by atoms with E-state index in [-0.39, 0.29) is 6.54 Å². The molecule has 2 heterocycles. The van der Waals surface area contributed by atoms with E-state index in [4.69, 9.17) is 12.2 Å². The third-order valence-electron chi connectivity index (χ3n) is 5.29. The lowest BCUT2D eigenvalue weighted by Crippen LogP contribution is -2.19. The summed E-state index contributed by atoms with van der Waals surface area (Å²) in [4.78, 5) is 0. The molecule has 0 radical (unpaired) electrons. The van der Waals surface area contributed by atoms with E-state index in [1.54, 1.807) is 16.9 Å². The van der Waals surface area contributed by atoms with Gasteiger partial charge in [0.2, 0.25) is 0 Å². The van der Waals surface area contributed by atoms with Gasteiger partial charge in [-0.1, -0.05) is 42.5 Å². The summed E-state index contributed by atoms with van der Waals surface area (Å²) in [6, 6.07) is 15.2. The van der Waals surface area contributed by atoms with Crippen molar-refractivity contribution < 1.29 is 13.2 Å². The lowest BCUT2D eigenvalue weighted by molar-refractivity contribution is -0.137. The van der Waals surface area contributed by atoms with Crippen molar-refractivity contribution in [2.75, 3.05) is 10.6 Å². The largest absolute Gasteiger partial charge is 0.416 e. The molecule has 0 atom stereocenters. The highest BCUT2D eigenvalue weighted by atomic mass is 32.1. The average molecular weight is 485 g/mol. The number of halogens is 3. The summed E-state index contributed by atoms with van der Waals surface area (Å²) in [5.74, 6) is 0. The van der Waals surface area contributed by atoms with E-state index in [0.717, 1.165) is 29.1 Å². The van der Waals surface area contributed by atoms with Crippen molar-refractivity contribution in [1.82, 2.24) is 19.6 Å². The zero-order valence-electron chi connectivity index (χ0n) is 18.6. The molecule has 10 heteroatoms. The molecular weight excluding hydrogens is 461 g/mol. The molecule has 2 N–H and O–H groups in total. The Morgan fingerprint density at radius 2 is 1.71 bits per heavy atom. The minimum absolute atomic E-state index is 0.213. The van der Waals surface area contributed by atoms with Gasteiger partial charge in [0.15, 0.2) is 5.11 Å². The fraction of sp³-hybridized carbons (Fsp3) is 0.208. The van der Waals surface area contributed by atoms with Gasteiger partial charge in [-0.25, -0.2) is 0 Å². The maximum absolute atomic E-state index is 13.0. The lowest BCUT2D eigenvalue weighted by Gasteiger charge is -2.11. The van der Waals surface area contributed by atoms with Crippen molar-refractivity contribution in [2.24, 2.45) is 0 Å². The minimum atomic E-state index is -4.38. The standard InChI is InChI=1S/C24H23F3N6S/c1-16-22(17(2)33(31-16)14-19-9-6-10-20(11-19)24(25,26)27)30-23(34)29-21-12-28-32(15-21)13-18-7-4-3-5-8-18/h3-12,15H,13-14H2,1-2H3,(H2,29,30,34). The Kier molecular flexibility index (Phi) is 6.69. The number of thiocarbonyl (C=S) groups is 1. The Balaban J connectivity index is 1.41. The van der Waals surface area contributed by atoms with E-state index in [0.29, 0.717) is 28.6 Å². The first-order valence-corrected chi connectivity index (χ1v) is 10.9. The van der Waals surface area contributed by atoms with E-state index in [2.05, 4.69) is 20.8 Å². The maximum atomic E-state index is 13.0. The van der Waals surface area contributed by atoms with Gasteiger partial charge in [0.1, 0.15) is 0 Å². The van der Waals surface area contributed by atoms with Gasteiger partial charge < -0.3 is 10.6 Å². The molecule has 176 valence electrons. The summed E-state index contributed by atoms with van der Waals surface area (Å²) in [7, 11) is 0. The number of anilines is 2. The van der Waals surface area contributed by atoms with E-state index in [1.165, 1.54) is 6.07 Å². The first-order valence-electron chi connectivity index (χ1n) is 10.5. The van der Waals surface area contributed by atoms with Crippen LogP contribution in [0.5, 0.6) is 0 Å². The topological polar surface area (TPSA) is 59.7 Å². The first-order chi connectivity index (χ1) is 16.2. The monoisotopic (exact) mass is 484 g/mol. The van der Waals surface area contributed by atoms with Crippen LogP contribution in [-0.4, -0.2) is 24.7 Å². The molecule has 0 spiro atoms. The zero-order valence-corrected chi connectivity index (χ0v) is 19.4. The molecule has 0 aliphatic carbocycles. The van der Waals surface area contributed by atoms with Crippen LogP contribution in [0.2, 0.25) is 0 Å². The molecular formula is C24H23F3N6S. The van der Waals surface area contributed by atoms with Crippen LogP contribution in [-0.2, 0) is 19.3 Å². The molecule has 6 nitrogen and oxygen atoms in total. The van der Waals surface area contributed by atoms with Crippen LogP contribution in [0.15, 0.2) is 67.0 Å². The first kappa shape index (κ1) is 23.5. The van der Waals surface area contributed by atoms with Crippen molar-refractivity contribution in [3.8, 4) is 0 Å². The Labute approximate surface area is 200 Å². The number of aromatic nitrogens is 4. The van der Waals surface area contributed by atoms with Crippen molar-refractivity contribution in [2.45, 2.75) is 33.1 Å². The zero-order chi connectivity index (χ0) is 24.3. The van der Waals surface area contributed by atoms with Gasteiger partial charge >= 0.3 is 6.18 Å². The van der Waals surface area contributed by atoms with Crippen molar-refractivity contribution in [3.05, 3.63) is 95.1 Å². The van der Waals surface area contributed by atoms with Gasteiger partial charge in [-0.3, -0.25) is 9.36 Å². The predicted octanol–water partition coefficient (Wildman–Crippen LogP) is 5.62. The Morgan fingerprint density at radius 1 is 0.971 bits per heavy atom. The Morgan fingerprint density at radius 3 is 2.44 bits per heavy atom. The van der Waals surface area contributed by atoms with Gasteiger partial charge in [0.05, 0.1) is 47.6 Å².